The molecule has 3 rings (SSSR count). The molecule has 3 aromatic rings. The molecule has 0 fully saturated rings. The number of halogens is 1. The van der Waals surface area contributed by atoms with Gasteiger partial charge in [-0.15, -0.1) is 0 Å². The van der Waals surface area contributed by atoms with Crippen LogP contribution in [0.15, 0.2) is 80.5 Å². The molecule has 1 N–H and O–H groups in total. The summed E-state index contributed by atoms with van der Waals surface area (Å²) in [6.07, 6.45) is 1.65. The topological polar surface area (TPSA) is 76.4 Å². The number of rotatable bonds is 8. The molecular formula is C22H22BrNO4S. The molecule has 1 atom stereocenters. The van der Waals surface area contributed by atoms with Crippen LogP contribution in [-0.2, 0) is 22.0 Å². The number of aryl methyl sites for hydroxylation is 1. The van der Waals surface area contributed by atoms with E-state index in [4.69, 9.17) is 4.42 Å². The number of furan rings is 1. The van der Waals surface area contributed by atoms with E-state index in [1.807, 2.05) is 25.1 Å². The third-order valence-corrected chi connectivity index (χ3v) is 6.66. The van der Waals surface area contributed by atoms with Crippen molar-refractivity contribution in [3.05, 3.63) is 88.3 Å². The summed E-state index contributed by atoms with van der Waals surface area (Å²) in [4.78, 5) is 12.6. The average molecular weight is 476 g/mol. The van der Waals surface area contributed by atoms with Crippen LogP contribution in [-0.4, -0.2) is 20.4 Å². The molecule has 0 saturated heterocycles. The lowest BCUT2D eigenvalue weighted by Crippen LogP contribution is -2.32. The molecule has 152 valence electrons. The summed E-state index contributed by atoms with van der Waals surface area (Å²) < 4.78 is 31.3. The van der Waals surface area contributed by atoms with Gasteiger partial charge in [0.15, 0.2) is 15.6 Å². The van der Waals surface area contributed by atoms with Crippen LogP contribution in [0.1, 0.15) is 35.2 Å². The smallest absolute Gasteiger partial charge is 0.287 e. The van der Waals surface area contributed by atoms with Crippen molar-refractivity contribution in [2.45, 2.75) is 36.5 Å². The Morgan fingerprint density at radius 2 is 1.72 bits per heavy atom. The molecule has 0 bridgehead atoms. The number of carbonyl (C=O) groups excluding carboxylic acids is 1. The minimum atomic E-state index is -3.55. The monoisotopic (exact) mass is 475 g/mol. The van der Waals surface area contributed by atoms with E-state index >= 15 is 0 Å². The van der Waals surface area contributed by atoms with Crippen LogP contribution in [0.2, 0.25) is 0 Å². The summed E-state index contributed by atoms with van der Waals surface area (Å²) in [7, 11) is -3.55. The molecule has 0 aliphatic rings. The van der Waals surface area contributed by atoms with Crippen molar-refractivity contribution in [3.63, 3.8) is 0 Å². The van der Waals surface area contributed by atoms with Gasteiger partial charge in [0.05, 0.1) is 4.90 Å². The average Bonchev–Trinajstić information content (AvgIpc) is 3.15. The minimum Gasteiger partial charge on any atom is -0.455 e. The van der Waals surface area contributed by atoms with Gasteiger partial charge in [-0.1, -0.05) is 46.3 Å². The Labute approximate surface area is 179 Å². The molecule has 5 nitrogen and oxygen atoms in total. The second-order valence-corrected chi connectivity index (χ2v) is 9.78. The van der Waals surface area contributed by atoms with E-state index in [9.17, 15) is 13.2 Å². The molecule has 1 heterocycles. The maximum atomic E-state index is 12.5. The van der Waals surface area contributed by atoms with Gasteiger partial charge in [0.1, 0.15) is 11.5 Å². The van der Waals surface area contributed by atoms with E-state index in [0.717, 1.165) is 17.3 Å². The van der Waals surface area contributed by atoms with Crippen LogP contribution in [0.3, 0.4) is 0 Å². The number of hydrogen-bond donors (Lipinski definition) is 1. The number of sulfone groups is 1. The molecule has 0 unspecified atom stereocenters. The molecule has 0 radical (unpaired) electrons. The first-order valence-corrected chi connectivity index (χ1v) is 11.7. The molecular weight excluding hydrogens is 454 g/mol. The van der Waals surface area contributed by atoms with Crippen molar-refractivity contribution in [1.82, 2.24) is 5.32 Å². The highest BCUT2D eigenvalue weighted by atomic mass is 79.9. The summed E-state index contributed by atoms with van der Waals surface area (Å²) in [5.41, 5.74) is 1.21. The number of carbonyl (C=O) groups is 1. The first-order chi connectivity index (χ1) is 13.8. The zero-order valence-electron chi connectivity index (χ0n) is 16.0. The van der Waals surface area contributed by atoms with Crippen molar-refractivity contribution in [3.8, 4) is 0 Å². The molecule has 0 saturated carbocycles. The zero-order valence-corrected chi connectivity index (χ0v) is 18.4. The highest BCUT2D eigenvalue weighted by Gasteiger charge is 2.20. The zero-order chi connectivity index (χ0) is 20.9. The van der Waals surface area contributed by atoms with E-state index in [-0.39, 0.29) is 34.1 Å². The third kappa shape index (κ3) is 6.05. The molecule has 0 aliphatic heterocycles. The van der Waals surface area contributed by atoms with Crippen molar-refractivity contribution in [1.29, 1.82) is 0 Å². The Bertz CT molecular complexity index is 1060. The summed E-state index contributed by atoms with van der Waals surface area (Å²) in [6, 6.07) is 19.5. The van der Waals surface area contributed by atoms with E-state index < -0.39 is 9.84 Å². The lowest BCUT2D eigenvalue weighted by molar-refractivity contribution is 0.0909. The molecule has 29 heavy (non-hydrogen) atoms. The Kier molecular flexibility index (Phi) is 6.92. The second-order valence-electron chi connectivity index (χ2n) is 6.88. The van der Waals surface area contributed by atoms with Gasteiger partial charge in [0.25, 0.3) is 5.91 Å². The third-order valence-electron chi connectivity index (χ3n) is 4.48. The molecule has 1 amide bonds. The molecule has 0 aliphatic carbocycles. The van der Waals surface area contributed by atoms with E-state index in [1.165, 1.54) is 29.8 Å². The number of nitrogens with one attached hydrogen (secondary N) is 1. The van der Waals surface area contributed by atoms with Crippen LogP contribution < -0.4 is 5.32 Å². The quantitative estimate of drug-likeness (QED) is 0.509. The van der Waals surface area contributed by atoms with Gasteiger partial charge in [0, 0.05) is 10.5 Å². The van der Waals surface area contributed by atoms with Gasteiger partial charge < -0.3 is 9.73 Å². The summed E-state index contributed by atoms with van der Waals surface area (Å²) in [6.45, 7) is 1.93. The fourth-order valence-electron chi connectivity index (χ4n) is 2.89. The fourth-order valence-corrected chi connectivity index (χ4v) is 4.40. The van der Waals surface area contributed by atoms with Crippen LogP contribution >= 0.6 is 15.9 Å². The molecule has 1 aromatic heterocycles. The molecule has 7 heteroatoms. The van der Waals surface area contributed by atoms with Crippen LogP contribution in [0.5, 0.6) is 0 Å². The fraction of sp³-hybridized carbons (Fsp3) is 0.227. The van der Waals surface area contributed by atoms with Gasteiger partial charge in [-0.3, -0.25) is 4.79 Å². The standard InChI is InChI=1S/C22H22BrNO4S/c1-16(7-8-17-5-3-2-4-6-17)24-22(25)21-14-11-19(28-21)15-29(26,27)20-12-9-18(23)10-13-20/h2-6,9-14,16H,7-8,15H2,1H3,(H,24,25)/t16-/m1/s1. The maximum absolute atomic E-state index is 12.5. The van der Waals surface area contributed by atoms with Gasteiger partial charge in [-0.2, -0.15) is 0 Å². The predicted molar refractivity (Wildman–Crippen MR) is 115 cm³/mol. The van der Waals surface area contributed by atoms with Crippen molar-refractivity contribution >= 4 is 31.7 Å². The van der Waals surface area contributed by atoms with Crippen molar-refractivity contribution in [2.24, 2.45) is 0 Å². The highest BCUT2D eigenvalue weighted by molar-refractivity contribution is 9.10. The lowest BCUT2D eigenvalue weighted by Gasteiger charge is -2.12. The maximum Gasteiger partial charge on any atom is 0.287 e. The normalized spacial score (nSPS) is 12.5. The summed E-state index contributed by atoms with van der Waals surface area (Å²) >= 11 is 3.28. The summed E-state index contributed by atoms with van der Waals surface area (Å²) in [5.74, 6) is -0.309. The largest absolute Gasteiger partial charge is 0.455 e. The van der Waals surface area contributed by atoms with E-state index in [1.54, 1.807) is 12.1 Å². The number of amides is 1. The Balaban J connectivity index is 1.57. The Morgan fingerprint density at radius 1 is 1.03 bits per heavy atom. The first kappa shape index (κ1) is 21.3. The van der Waals surface area contributed by atoms with Gasteiger partial charge in [-0.25, -0.2) is 8.42 Å². The van der Waals surface area contributed by atoms with Crippen LogP contribution in [0.4, 0.5) is 0 Å². The van der Waals surface area contributed by atoms with E-state index in [2.05, 4.69) is 33.4 Å². The number of benzene rings is 2. The Morgan fingerprint density at radius 3 is 2.41 bits per heavy atom. The van der Waals surface area contributed by atoms with Crippen molar-refractivity contribution in [2.75, 3.05) is 0 Å². The van der Waals surface area contributed by atoms with Gasteiger partial charge >= 0.3 is 0 Å². The van der Waals surface area contributed by atoms with Crippen LogP contribution in [0.25, 0.3) is 0 Å². The molecule has 2 aromatic carbocycles. The highest BCUT2D eigenvalue weighted by Crippen LogP contribution is 2.20. The van der Waals surface area contributed by atoms with Gasteiger partial charge in [0.2, 0.25) is 0 Å². The molecule has 0 spiro atoms. The van der Waals surface area contributed by atoms with Crippen molar-refractivity contribution < 1.29 is 17.6 Å². The minimum absolute atomic E-state index is 0.0391. The summed E-state index contributed by atoms with van der Waals surface area (Å²) in [5, 5.41) is 2.89. The number of hydrogen-bond acceptors (Lipinski definition) is 4. The Hall–Kier alpha value is -2.38. The first-order valence-electron chi connectivity index (χ1n) is 9.25. The lowest BCUT2D eigenvalue weighted by atomic mass is 10.1. The second kappa shape index (κ2) is 9.41. The SMILES string of the molecule is C[C@H](CCc1ccccc1)NC(=O)c1ccc(CS(=O)(=O)c2ccc(Br)cc2)o1. The van der Waals surface area contributed by atoms with Crippen LogP contribution in [0, 0.1) is 0 Å². The van der Waals surface area contributed by atoms with Gasteiger partial charge in [-0.05, 0) is 61.7 Å². The predicted octanol–water partition coefficient (Wildman–Crippen LogP) is 4.77. The van der Waals surface area contributed by atoms with E-state index in [0.29, 0.717) is 0 Å².